The van der Waals surface area contributed by atoms with Gasteiger partial charge in [0.25, 0.3) is 0 Å². The molecule has 0 atom stereocenters. The van der Waals surface area contributed by atoms with Crippen molar-refractivity contribution in [3.05, 3.63) is 18.0 Å². The van der Waals surface area contributed by atoms with Crippen molar-refractivity contribution in [1.29, 1.82) is 0 Å². The SMILES string of the molecule is CCCOCc1nc2nc(OC)ccc2[nH]1. The molecule has 0 radical (unpaired) electrons. The van der Waals surface area contributed by atoms with Crippen molar-refractivity contribution in [1.82, 2.24) is 15.0 Å². The van der Waals surface area contributed by atoms with Gasteiger partial charge in [0.15, 0.2) is 5.65 Å². The lowest BCUT2D eigenvalue weighted by Crippen LogP contribution is -1.95. The van der Waals surface area contributed by atoms with E-state index in [-0.39, 0.29) is 0 Å². The van der Waals surface area contributed by atoms with Crippen molar-refractivity contribution < 1.29 is 9.47 Å². The number of ether oxygens (including phenoxy) is 2. The quantitative estimate of drug-likeness (QED) is 0.783. The van der Waals surface area contributed by atoms with Gasteiger partial charge in [-0.15, -0.1) is 0 Å². The number of nitrogens with one attached hydrogen (secondary N) is 1. The summed E-state index contributed by atoms with van der Waals surface area (Å²) in [6.45, 7) is 3.31. The van der Waals surface area contributed by atoms with Gasteiger partial charge in [0.05, 0.1) is 12.6 Å². The zero-order valence-electron chi connectivity index (χ0n) is 9.49. The Hall–Kier alpha value is -1.62. The predicted octanol–water partition coefficient (Wildman–Crippen LogP) is 1.89. The normalized spacial score (nSPS) is 10.9. The highest BCUT2D eigenvalue weighted by Gasteiger charge is 2.05. The van der Waals surface area contributed by atoms with E-state index in [9.17, 15) is 0 Å². The Bertz CT molecular complexity index is 467. The van der Waals surface area contributed by atoms with Crippen LogP contribution in [-0.2, 0) is 11.3 Å². The minimum absolute atomic E-state index is 0.493. The molecule has 16 heavy (non-hydrogen) atoms. The van der Waals surface area contributed by atoms with Crippen molar-refractivity contribution in [3.63, 3.8) is 0 Å². The molecule has 5 nitrogen and oxygen atoms in total. The topological polar surface area (TPSA) is 60.0 Å². The molecule has 2 heterocycles. The molecule has 0 fully saturated rings. The lowest BCUT2D eigenvalue weighted by atomic mass is 10.4. The molecule has 0 amide bonds. The van der Waals surface area contributed by atoms with Gasteiger partial charge in [0.1, 0.15) is 12.4 Å². The van der Waals surface area contributed by atoms with E-state index in [0.717, 1.165) is 24.4 Å². The number of hydrogen-bond donors (Lipinski definition) is 1. The van der Waals surface area contributed by atoms with E-state index >= 15 is 0 Å². The molecule has 0 aliphatic heterocycles. The van der Waals surface area contributed by atoms with Gasteiger partial charge in [-0.25, -0.2) is 4.98 Å². The van der Waals surface area contributed by atoms with Gasteiger partial charge in [0, 0.05) is 12.7 Å². The zero-order valence-corrected chi connectivity index (χ0v) is 9.49. The van der Waals surface area contributed by atoms with Crippen LogP contribution < -0.4 is 4.74 Å². The molecule has 0 unspecified atom stereocenters. The van der Waals surface area contributed by atoms with Crippen molar-refractivity contribution >= 4 is 11.2 Å². The summed E-state index contributed by atoms with van der Waals surface area (Å²) < 4.78 is 10.4. The number of hydrogen-bond acceptors (Lipinski definition) is 4. The Labute approximate surface area is 93.8 Å². The Kier molecular flexibility index (Phi) is 3.36. The van der Waals surface area contributed by atoms with E-state index in [2.05, 4.69) is 21.9 Å². The van der Waals surface area contributed by atoms with Crippen LogP contribution in [0.2, 0.25) is 0 Å². The van der Waals surface area contributed by atoms with Crippen molar-refractivity contribution in [2.45, 2.75) is 20.0 Å². The summed E-state index contributed by atoms with van der Waals surface area (Å²) in [7, 11) is 1.59. The van der Waals surface area contributed by atoms with E-state index in [1.165, 1.54) is 0 Å². The van der Waals surface area contributed by atoms with Gasteiger partial charge < -0.3 is 14.5 Å². The van der Waals surface area contributed by atoms with E-state index in [1.807, 2.05) is 6.07 Å². The Morgan fingerprint density at radius 3 is 2.94 bits per heavy atom. The third-order valence-corrected chi connectivity index (χ3v) is 2.17. The summed E-state index contributed by atoms with van der Waals surface area (Å²) in [5, 5.41) is 0. The molecule has 2 rings (SSSR count). The summed E-state index contributed by atoms with van der Waals surface area (Å²) in [6, 6.07) is 3.70. The summed E-state index contributed by atoms with van der Waals surface area (Å²) in [6.07, 6.45) is 1.01. The number of rotatable bonds is 5. The first-order valence-electron chi connectivity index (χ1n) is 5.31. The molecule has 0 aromatic carbocycles. The highest BCUT2D eigenvalue weighted by atomic mass is 16.5. The molecule has 0 saturated carbocycles. The van der Waals surface area contributed by atoms with Gasteiger partial charge in [-0.05, 0) is 12.5 Å². The number of methoxy groups -OCH3 is 1. The molecular formula is C11H15N3O2. The Morgan fingerprint density at radius 2 is 2.19 bits per heavy atom. The van der Waals surface area contributed by atoms with Crippen LogP contribution in [0.4, 0.5) is 0 Å². The summed E-state index contributed by atoms with van der Waals surface area (Å²) in [5.74, 6) is 1.37. The van der Waals surface area contributed by atoms with E-state index in [0.29, 0.717) is 18.1 Å². The third kappa shape index (κ3) is 2.30. The molecule has 2 aromatic heterocycles. The lowest BCUT2D eigenvalue weighted by Gasteiger charge is -1.97. The molecule has 0 spiro atoms. The average molecular weight is 221 g/mol. The van der Waals surface area contributed by atoms with E-state index < -0.39 is 0 Å². The second-order valence-electron chi connectivity index (χ2n) is 3.46. The number of pyridine rings is 1. The van der Waals surface area contributed by atoms with Crippen LogP contribution in [0.15, 0.2) is 12.1 Å². The minimum atomic E-state index is 0.493. The average Bonchev–Trinajstić information content (AvgIpc) is 2.70. The summed E-state index contributed by atoms with van der Waals surface area (Å²) in [4.78, 5) is 11.7. The Morgan fingerprint density at radius 1 is 1.31 bits per heavy atom. The van der Waals surface area contributed by atoms with Gasteiger partial charge in [0.2, 0.25) is 5.88 Å². The fraction of sp³-hybridized carbons (Fsp3) is 0.455. The molecule has 86 valence electrons. The fourth-order valence-electron chi connectivity index (χ4n) is 1.42. The molecule has 2 aromatic rings. The van der Waals surface area contributed by atoms with Crippen LogP contribution in [0.5, 0.6) is 5.88 Å². The smallest absolute Gasteiger partial charge is 0.215 e. The molecule has 0 bridgehead atoms. The maximum absolute atomic E-state index is 5.40. The second kappa shape index (κ2) is 4.94. The van der Waals surface area contributed by atoms with Crippen molar-refractivity contribution in [3.8, 4) is 5.88 Å². The number of nitrogens with zero attached hydrogens (tertiary/aromatic N) is 2. The summed E-state index contributed by atoms with van der Waals surface area (Å²) >= 11 is 0. The van der Waals surface area contributed by atoms with Crippen LogP contribution in [0.25, 0.3) is 11.2 Å². The van der Waals surface area contributed by atoms with Gasteiger partial charge in [-0.2, -0.15) is 4.98 Å². The van der Waals surface area contributed by atoms with Crippen LogP contribution in [0.3, 0.4) is 0 Å². The second-order valence-corrected chi connectivity index (χ2v) is 3.46. The first kappa shape index (κ1) is 10.9. The monoisotopic (exact) mass is 221 g/mol. The number of aromatic nitrogens is 3. The number of aromatic amines is 1. The summed E-state index contributed by atoms with van der Waals surface area (Å²) in [5.41, 5.74) is 1.56. The molecule has 1 N–H and O–H groups in total. The predicted molar refractivity (Wildman–Crippen MR) is 60.4 cm³/mol. The zero-order chi connectivity index (χ0) is 11.4. The van der Waals surface area contributed by atoms with E-state index in [1.54, 1.807) is 13.2 Å². The molecule has 0 saturated heterocycles. The fourth-order valence-corrected chi connectivity index (χ4v) is 1.42. The highest BCUT2D eigenvalue weighted by molar-refractivity contribution is 5.71. The van der Waals surface area contributed by atoms with Crippen LogP contribution >= 0.6 is 0 Å². The largest absolute Gasteiger partial charge is 0.481 e. The van der Waals surface area contributed by atoms with Crippen molar-refractivity contribution in [2.24, 2.45) is 0 Å². The maximum Gasteiger partial charge on any atom is 0.215 e. The van der Waals surface area contributed by atoms with Gasteiger partial charge >= 0.3 is 0 Å². The standard InChI is InChI=1S/C11H15N3O2/c1-3-6-16-7-9-12-8-4-5-10(15-2)14-11(8)13-9/h4-5H,3,6-7H2,1-2H3,(H,12,13,14). The molecule has 0 aliphatic carbocycles. The Balaban J connectivity index is 2.16. The number of imidazole rings is 1. The van der Waals surface area contributed by atoms with Crippen LogP contribution in [0, 0.1) is 0 Å². The van der Waals surface area contributed by atoms with Gasteiger partial charge in [-0.3, -0.25) is 0 Å². The molecule has 0 aliphatic rings. The first-order valence-corrected chi connectivity index (χ1v) is 5.31. The minimum Gasteiger partial charge on any atom is -0.481 e. The molecule has 5 heteroatoms. The number of fused-ring (bicyclic) bond motifs is 1. The molecular weight excluding hydrogens is 206 g/mol. The lowest BCUT2D eigenvalue weighted by molar-refractivity contribution is 0.117. The van der Waals surface area contributed by atoms with Gasteiger partial charge in [-0.1, -0.05) is 6.92 Å². The van der Waals surface area contributed by atoms with Crippen LogP contribution in [0.1, 0.15) is 19.2 Å². The third-order valence-electron chi connectivity index (χ3n) is 2.17. The highest BCUT2D eigenvalue weighted by Crippen LogP contribution is 2.14. The van der Waals surface area contributed by atoms with Crippen molar-refractivity contribution in [2.75, 3.05) is 13.7 Å². The van der Waals surface area contributed by atoms with Crippen LogP contribution in [-0.4, -0.2) is 28.7 Å². The van der Waals surface area contributed by atoms with E-state index in [4.69, 9.17) is 9.47 Å². The number of H-pyrrole nitrogens is 1. The first-order chi connectivity index (χ1) is 7.83. The maximum atomic E-state index is 5.40.